The Balaban J connectivity index is 0.000000103. The fourth-order valence-corrected chi connectivity index (χ4v) is 15.2. The van der Waals surface area contributed by atoms with Gasteiger partial charge in [0.05, 0.1) is 0 Å². The lowest BCUT2D eigenvalue weighted by molar-refractivity contribution is 0.0983. The minimum Gasteiger partial charge on any atom is -0.0848 e. The third kappa shape index (κ3) is 7.15. The van der Waals surface area contributed by atoms with E-state index in [1.807, 2.05) is 0 Å². The van der Waals surface area contributed by atoms with Crippen LogP contribution < -0.4 is 0 Å². The van der Waals surface area contributed by atoms with Gasteiger partial charge in [-0.25, -0.2) is 0 Å². The third-order valence-corrected chi connectivity index (χ3v) is 17.5. The Bertz CT molecular complexity index is 901. The van der Waals surface area contributed by atoms with Gasteiger partial charge in [0.2, 0.25) is 0 Å². The first kappa shape index (κ1) is 34.2. The molecule has 46 heavy (non-hydrogen) atoms. The second kappa shape index (κ2) is 15.7. The molecule has 0 saturated heterocycles. The summed E-state index contributed by atoms with van der Waals surface area (Å²) in [5.41, 5.74) is 0. The van der Waals surface area contributed by atoms with Crippen molar-refractivity contribution in [3.63, 3.8) is 0 Å². The largest absolute Gasteiger partial charge is 0.0848 e. The number of fused-ring (bicyclic) bond motifs is 4. The first-order valence-corrected chi connectivity index (χ1v) is 22.2. The second-order valence-electron chi connectivity index (χ2n) is 19.7. The van der Waals surface area contributed by atoms with E-state index in [0.717, 1.165) is 94.7 Å². The van der Waals surface area contributed by atoms with E-state index in [1.54, 1.807) is 57.8 Å². The van der Waals surface area contributed by atoms with Gasteiger partial charge in [0.25, 0.3) is 0 Å². The number of hydrogen-bond donors (Lipinski definition) is 0. The summed E-state index contributed by atoms with van der Waals surface area (Å²) in [5.74, 6) is 17.4. The molecule has 10 aliphatic rings. The Morgan fingerprint density at radius 1 is 0.326 bits per heavy atom. The van der Waals surface area contributed by atoms with Gasteiger partial charge in [-0.2, -0.15) is 0 Å². The van der Waals surface area contributed by atoms with Crippen LogP contribution in [-0.2, 0) is 0 Å². The van der Waals surface area contributed by atoms with Crippen LogP contribution in [0.5, 0.6) is 0 Å². The highest BCUT2D eigenvalue weighted by atomic mass is 14.6. The summed E-state index contributed by atoms with van der Waals surface area (Å²) >= 11 is 0. The van der Waals surface area contributed by atoms with E-state index >= 15 is 0 Å². The van der Waals surface area contributed by atoms with Crippen molar-refractivity contribution < 1.29 is 0 Å². The van der Waals surface area contributed by atoms with Crippen LogP contribution in [0.2, 0.25) is 0 Å². The molecule has 0 heterocycles. The van der Waals surface area contributed by atoms with E-state index in [4.69, 9.17) is 0 Å². The highest BCUT2D eigenvalue weighted by Gasteiger charge is 2.55. The molecule has 0 heteroatoms. The van der Waals surface area contributed by atoms with Gasteiger partial charge in [0.15, 0.2) is 0 Å². The van der Waals surface area contributed by atoms with Crippen LogP contribution in [0.1, 0.15) is 182 Å². The lowest BCUT2D eigenvalue weighted by Gasteiger charge is -2.44. The molecule has 0 amide bonds. The van der Waals surface area contributed by atoms with Gasteiger partial charge in [0.1, 0.15) is 0 Å². The molecule has 13 unspecified atom stereocenters. The highest BCUT2D eigenvalue weighted by molar-refractivity contribution is 5.15. The van der Waals surface area contributed by atoms with Crippen molar-refractivity contribution >= 4 is 0 Å². The monoisotopic (exact) mass is 631 g/mol. The van der Waals surface area contributed by atoms with Crippen LogP contribution in [0.4, 0.5) is 0 Å². The summed E-state index contributed by atoms with van der Waals surface area (Å²) in [6, 6.07) is 0. The average molecular weight is 631 g/mol. The van der Waals surface area contributed by atoms with Gasteiger partial charge in [-0.15, -0.1) is 0 Å². The third-order valence-electron chi connectivity index (χ3n) is 17.5. The molecular weight excluding hydrogens is 553 g/mol. The summed E-state index contributed by atoms with van der Waals surface area (Å²) in [6.07, 6.45) is 42.0. The van der Waals surface area contributed by atoms with E-state index in [2.05, 4.69) is 39.8 Å². The van der Waals surface area contributed by atoms with Gasteiger partial charge < -0.3 is 0 Å². The zero-order valence-corrected chi connectivity index (χ0v) is 31.4. The normalized spacial score (nSPS) is 49.9. The van der Waals surface area contributed by atoms with Crippen molar-refractivity contribution in [1.82, 2.24) is 0 Å². The second-order valence-corrected chi connectivity index (χ2v) is 19.7. The van der Waals surface area contributed by atoms with Gasteiger partial charge in [-0.3, -0.25) is 0 Å². The molecule has 0 aromatic carbocycles. The zero-order chi connectivity index (χ0) is 31.6. The molecular formula is C46H78. The van der Waals surface area contributed by atoms with Crippen LogP contribution in [0.25, 0.3) is 0 Å². The Morgan fingerprint density at radius 3 is 1.22 bits per heavy atom. The van der Waals surface area contributed by atoms with E-state index < -0.39 is 0 Å². The van der Waals surface area contributed by atoms with Crippen molar-refractivity contribution in [3.05, 3.63) is 12.2 Å². The van der Waals surface area contributed by atoms with Crippen LogP contribution in [0.15, 0.2) is 12.2 Å². The van der Waals surface area contributed by atoms with Crippen LogP contribution >= 0.6 is 0 Å². The fourth-order valence-electron chi connectivity index (χ4n) is 15.2. The number of hydrogen-bond acceptors (Lipinski definition) is 0. The first-order chi connectivity index (χ1) is 22.5. The van der Waals surface area contributed by atoms with Crippen molar-refractivity contribution in [2.45, 2.75) is 182 Å². The van der Waals surface area contributed by atoms with Crippen molar-refractivity contribution in [2.24, 2.45) is 94.7 Å². The molecule has 9 saturated carbocycles. The summed E-state index contributed by atoms with van der Waals surface area (Å²) in [4.78, 5) is 0. The van der Waals surface area contributed by atoms with Crippen LogP contribution in [0.3, 0.4) is 0 Å². The quantitative estimate of drug-likeness (QED) is 0.234. The molecule has 10 aliphatic carbocycles. The molecule has 0 aliphatic heterocycles. The fraction of sp³-hybridized carbons (Fsp3) is 0.957. The lowest BCUT2D eigenvalue weighted by Crippen LogP contribution is -2.37. The van der Waals surface area contributed by atoms with Crippen molar-refractivity contribution in [2.75, 3.05) is 0 Å². The number of rotatable bonds is 0. The molecule has 0 N–H and O–H groups in total. The predicted octanol–water partition coefficient (Wildman–Crippen LogP) is 13.9. The van der Waals surface area contributed by atoms with E-state index in [9.17, 15) is 0 Å². The predicted molar refractivity (Wildman–Crippen MR) is 198 cm³/mol. The smallest absolute Gasteiger partial charge is 0.0199 e. The standard InChI is InChI=1S/C16H24.C14H24.C10H18.C6H12/c1-10-13-6-2-4-11-8-9-12-5-3-7-14(10)16(12)15(11)13;1-10-11-6-2-4-8-13(11)14-9-5-3-7-12(10)14;1-8-6-7-9-4-2-3-5-10(8)9;1-6-4-2-3-5-6/h8-16H,2-7H2,1H3;10-14H,2-9H2,1H3;8-10H,2-7H2,1H3;6H,2-5H2,1H3. The van der Waals surface area contributed by atoms with E-state index in [-0.39, 0.29) is 0 Å². The maximum absolute atomic E-state index is 2.62. The Morgan fingerprint density at radius 2 is 0.739 bits per heavy atom. The van der Waals surface area contributed by atoms with Gasteiger partial charge in [-0.05, 0) is 159 Å². The average Bonchev–Trinajstić information content (AvgIpc) is 3.88. The Hall–Kier alpha value is -0.260. The molecule has 0 radical (unpaired) electrons. The van der Waals surface area contributed by atoms with Crippen molar-refractivity contribution in [3.8, 4) is 0 Å². The van der Waals surface area contributed by atoms with Gasteiger partial charge in [-0.1, -0.05) is 130 Å². The molecule has 0 spiro atoms. The summed E-state index contributed by atoms with van der Waals surface area (Å²) in [6.45, 7) is 9.94. The highest BCUT2D eigenvalue weighted by Crippen LogP contribution is 2.62. The van der Waals surface area contributed by atoms with E-state index in [0.29, 0.717) is 0 Å². The van der Waals surface area contributed by atoms with Gasteiger partial charge >= 0.3 is 0 Å². The number of allylic oxidation sites excluding steroid dienone is 2. The SMILES string of the molecule is CC1C2CCCC3C=CC4CCCC1C4C32.CC1C2CCCCC2C2CCCCC12.CC1CCC2CCCCC12.CC1CCCC1. The lowest BCUT2D eigenvalue weighted by atomic mass is 9.61. The minimum absolute atomic E-state index is 0.977. The molecule has 0 nitrogen and oxygen atoms in total. The van der Waals surface area contributed by atoms with Gasteiger partial charge in [0, 0.05) is 0 Å². The summed E-state index contributed by atoms with van der Waals surface area (Å²) in [7, 11) is 0. The van der Waals surface area contributed by atoms with E-state index in [1.165, 1.54) is 96.3 Å². The minimum atomic E-state index is 0.977. The molecule has 9 fully saturated rings. The molecule has 0 bridgehead atoms. The first-order valence-electron chi connectivity index (χ1n) is 22.2. The Kier molecular flexibility index (Phi) is 11.7. The topological polar surface area (TPSA) is 0 Å². The maximum atomic E-state index is 2.62. The molecule has 13 atom stereocenters. The van der Waals surface area contributed by atoms with Crippen molar-refractivity contribution in [1.29, 1.82) is 0 Å². The summed E-state index contributed by atoms with van der Waals surface area (Å²) < 4.78 is 0. The Labute approximate surface area is 287 Å². The molecule has 0 aromatic heterocycles. The molecule has 0 aromatic rings. The van der Waals surface area contributed by atoms with Crippen LogP contribution in [0, 0.1) is 94.7 Å². The maximum Gasteiger partial charge on any atom is -0.0199 e. The summed E-state index contributed by atoms with van der Waals surface area (Å²) in [5, 5.41) is 0. The molecule has 10 rings (SSSR count). The molecule has 262 valence electrons. The zero-order valence-electron chi connectivity index (χ0n) is 31.4. The van der Waals surface area contributed by atoms with Crippen LogP contribution in [-0.4, -0.2) is 0 Å².